The lowest BCUT2D eigenvalue weighted by Crippen LogP contribution is -2.26. The van der Waals surface area contributed by atoms with E-state index in [1.165, 1.54) is 0 Å². The Morgan fingerprint density at radius 1 is 1.50 bits per heavy atom. The molecule has 0 amide bonds. The molecule has 0 saturated heterocycles. The van der Waals surface area contributed by atoms with Crippen molar-refractivity contribution >= 4 is 12.0 Å². The average molecular weight is 196 g/mol. The van der Waals surface area contributed by atoms with Crippen LogP contribution in [-0.4, -0.2) is 16.7 Å². The fraction of sp³-hybridized carbons (Fsp3) is 1.00. The molecule has 1 saturated carbocycles. The Bertz CT molecular complexity index is 136. The molecule has 1 N–H and O–H groups in total. The van der Waals surface area contributed by atoms with Crippen LogP contribution in [0.3, 0.4) is 0 Å². The maximum atomic E-state index is 12.9. The molecule has 0 aromatic rings. The minimum Gasteiger partial charge on any atom is -0.247 e. The molecule has 0 aliphatic heterocycles. The molecule has 1 aliphatic rings. The van der Waals surface area contributed by atoms with Gasteiger partial charge in [-0.05, 0) is 25.2 Å². The minimum atomic E-state index is -0.735. The second kappa shape index (κ2) is 5.01. The minimum absolute atomic E-state index is 0.0842. The van der Waals surface area contributed by atoms with E-state index in [1.807, 2.05) is 6.92 Å². The summed E-state index contributed by atoms with van der Waals surface area (Å²) in [6.45, 7) is 2.05. The van der Waals surface area contributed by atoms with Gasteiger partial charge in [-0.15, -0.1) is 4.33 Å². The van der Waals surface area contributed by atoms with Crippen molar-refractivity contribution < 1.29 is 19.0 Å². The largest absolute Gasteiger partial charge is 0.247 e. The first-order chi connectivity index (χ1) is 5.74. The Kier molecular flexibility index (Phi) is 4.28. The van der Waals surface area contributed by atoms with E-state index in [0.29, 0.717) is 18.8 Å². The molecule has 0 heterocycles. The monoisotopic (exact) mass is 196 g/mol. The van der Waals surface area contributed by atoms with Gasteiger partial charge in [0.25, 0.3) is 0 Å². The summed E-state index contributed by atoms with van der Waals surface area (Å²) >= 11 is 0.997. The van der Waals surface area contributed by atoms with Crippen molar-refractivity contribution in [3.05, 3.63) is 0 Å². The van der Waals surface area contributed by atoms with E-state index < -0.39 is 6.17 Å². The normalized spacial score (nSPS) is 36.8. The molecule has 3 unspecified atom stereocenters. The van der Waals surface area contributed by atoms with Gasteiger partial charge < -0.3 is 0 Å². The van der Waals surface area contributed by atoms with E-state index >= 15 is 0 Å². The van der Waals surface area contributed by atoms with Gasteiger partial charge >= 0.3 is 0 Å². The van der Waals surface area contributed by atoms with Gasteiger partial charge in [0.15, 0.2) is 0 Å². The third-order valence-electron chi connectivity index (χ3n) is 2.25. The van der Waals surface area contributed by atoms with Crippen molar-refractivity contribution in [1.29, 1.82) is 0 Å². The van der Waals surface area contributed by atoms with Gasteiger partial charge in [-0.1, -0.05) is 12.0 Å². The predicted octanol–water partition coefficient (Wildman–Crippen LogP) is 2.58. The second-order valence-electron chi connectivity index (χ2n) is 3.16. The summed E-state index contributed by atoms with van der Waals surface area (Å²) in [6.07, 6.45) is 1.25. The quantitative estimate of drug-likeness (QED) is 0.428. The van der Waals surface area contributed by atoms with Crippen molar-refractivity contribution in [2.24, 2.45) is 5.92 Å². The Morgan fingerprint density at radius 2 is 2.25 bits per heavy atom. The lowest BCUT2D eigenvalue weighted by Gasteiger charge is -2.28. The van der Waals surface area contributed by atoms with Gasteiger partial charge in [0.1, 0.15) is 6.17 Å². The molecule has 72 valence electrons. The molecule has 0 bridgehead atoms. The summed E-state index contributed by atoms with van der Waals surface area (Å²) in [5.41, 5.74) is 0. The van der Waals surface area contributed by atoms with Gasteiger partial charge in [-0.3, -0.25) is 0 Å². The van der Waals surface area contributed by atoms with E-state index in [2.05, 4.69) is 9.37 Å². The number of halogens is 1. The highest BCUT2D eigenvalue weighted by Crippen LogP contribution is 2.34. The average Bonchev–Trinajstić information content (AvgIpc) is 2.07. The molecule has 1 aliphatic carbocycles. The van der Waals surface area contributed by atoms with Gasteiger partial charge in [0.05, 0.1) is 0 Å². The van der Waals surface area contributed by atoms with Crippen molar-refractivity contribution in [2.75, 3.05) is 0 Å². The summed E-state index contributed by atoms with van der Waals surface area (Å²) in [5, 5.41) is 11.5. The maximum absolute atomic E-state index is 12.9. The summed E-state index contributed by atoms with van der Waals surface area (Å²) in [4.78, 5) is 0. The first-order valence-electron chi connectivity index (χ1n) is 4.01. The second-order valence-corrected chi connectivity index (χ2v) is 4.10. The van der Waals surface area contributed by atoms with E-state index in [0.717, 1.165) is 18.5 Å². The topological polar surface area (TPSA) is 38.7 Å². The molecule has 0 aromatic heterocycles. The van der Waals surface area contributed by atoms with Crippen LogP contribution in [0.15, 0.2) is 0 Å². The van der Waals surface area contributed by atoms with Crippen molar-refractivity contribution in [3.8, 4) is 0 Å². The van der Waals surface area contributed by atoms with Crippen LogP contribution in [0.5, 0.6) is 0 Å². The highest BCUT2D eigenvalue weighted by molar-refractivity contribution is 7.95. The standard InChI is InChI=1S/C7H13FO3S/c1-5-2-3-6(8)4-7(5)12-11-10-9/h5-7,9H,2-4H2,1H3. The Balaban J connectivity index is 2.28. The highest BCUT2D eigenvalue weighted by atomic mass is 32.2. The molecule has 3 atom stereocenters. The molecular formula is C7H13FO3S. The zero-order valence-electron chi connectivity index (χ0n) is 6.90. The van der Waals surface area contributed by atoms with Crippen LogP contribution in [0.1, 0.15) is 26.2 Å². The summed E-state index contributed by atoms with van der Waals surface area (Å²) in [7, 11) is 0. The van der Waals surface area contributed by atoms with Crippen molar-refractivity contribution in [3.63, 3.8) is 0 Å². The smallest absolute Gasteiger partial charge is 0.101 e. The van der Waals surface area contributed by atoms with E-state index in [-0.39, 0.29) is 5.25 Å². The molecule has 1 rings (SSSR count). The molecule has 12 heavy (non-hydrogen) atoms. The predicted molar refractivity (Wildman–Crippen MR) is 44.1 cm³/mol. The zero-order chi connectivity index (χ0) is 8.97. The third kappa shape index (κ3) is 2.90. The Labute approximate surface area is 75.3 Å². The van der Waals surface area contributed by atoms with Gasteiger partial charge in [0.2, 0.25) is 0 Å². The first-order valence-corrected chi connectivity index (χ1v) is 4.82. The van der Waals surface area contributed by atoms with Crippen LogP contribution < -0.4 is 0 Å². The maximum Gasteiger partial charge on any atom is 0.101 e. The summed E-state index contributed by atoms with van der Waals surface area (Å²) in [5.74, 6) is 0.414. The Morgan fingerprint density at radius 3 is 2.92 bits per heavy atom. The number of rotatable bonds is 3. The number of alkyl halides is 1. The van der Waals surface area contributed by atoms with Crippen LogP contribution in [0.25, 0.3) is 0 Å². The van der Waals surface area contributed by atoms with Gasteiger partial charge in [-0.2, -0.15) is 0 Å². The van der Waals surface area contributed by atoms with E-state index in [1.54, 1.807) is 0 Å². The van der Waals surface area contributed by atoms with Crippen LogP contribution in [0.4, 0.5) is 4.39 Å². The first kappa shape index (κ1) is 10.2. The zero-order valence-corrected chi connectivity index (χ0v) is 7.72. The molecule has 0 spiro atoms. The highest BCUT2D eigenvalue weighted by Gasteiger charge is 2.29. The van der Waals surface area contributed by atoms with Crippen LogP contribution in [-0.2, 0) is 9.37 Å². The SMILES string of the molecule is CC1CCC(F)CC1SOOO. The van der Waals surface area contributed by atoms with Crippen molar-refractivity contribution in [2.45, 2.75) is 37.6 Å². The summed E-state index contributed by atoms with van der Waals surface area (Å²) in [6, 6.07) is 0. The summed E-state index contributed by atoms with van der Waals surface area (Å²) < 4.78 is 17.2. The van der Waals surface area contributed by atoms with Gasteiger partial charge in [0, 0.05) is 17.3 Å². The fourth-order valence-electron chi connectivity index (χ4n) is 1.43. The van der Waals surface area contributed by atoms with E-state index in [9.17, 15) is 4.39 Å². The molecule has 5 heteroatoms. The fourth-order valence-corrected chi connectivity index (χ4v) is 2.18. The number of hydrogen-bond acceptors (Lipinski definition) is 4. The lowest BCUT2D eigenvalue weighted by molar-refractivity contribution is -0.432. The molecule has 3 nitrogen and oxygen atoms in total. The number of hydrogen-bond donors (Lipinski definition) is 1. The lowest BCUT2D eigenvalue weighted by atomic mass is 9.89. The van der Waals surface area contributed by atoms with E-state index in [4.69, 9.17) is 5.26 Å². The Hall–Kier alpha value is 0.160. The molecule has 0 radical (unpaired) electrons. The van der Waals surface area contributed by atoms with Gasteiger partial charge in [-0.25, -0.2) is 9.65 Å². The van der Waals surface area contributed by atoms with Crippen LogP contribution in [0, 0.1) is 5.92 Å². The third-order valence-corrected chi connectivity index (χ3v) is 3.29. The van der Waals surface area contributed by atoms with Crippen LogP contribution >= 0.6 is 12.0 Å². The van der Waals surface area contributed by atoms with Crippen molar-refractivity contribution in [1.82, 2.24) is 0 Å². The molecule has 0 aromatic carbocycles. The molecular weight excluding hydrogens is 183 g/mol. The van der Waals surface area contributed by atoms with Crippen LogP contribution in [0.2, 0.25) is 0 Å². The molecule has 1 fully saturated rings.